The summed E-state index contributed by atoms with van der Waals surface area (Å²) in [6.07, 6.45) is 6.66. The molecule has 1 aliphatic carbocycles. The van der Waals surface area contributed by atoms with E-state index in [1.807, 2.05) is 0 Å². The number of rotatable bonds is 5. The van der Waals surface area contributed by atoms with E-state index in [0.717, 1.165) is 36.1 Å². The van der Waals surface area contributed by atoms with Crippen LogP contribution >= 0.6 is 11.3 Å². The molecule has 3 rings (SSSR count). The molecule has 25 heavy (non-hydrogen) atoms. The second-order valence-corrected chi connectivity index (χ2v) is 6.74. The van der Waals surface area contributed by atoms with Crippen LogP contribution in [-0.2, 0) is 22.4 Å². The minimum Gasteiger partial charge on any atom is -0.452 e. The number of anilines is 1. The largest absolute Gasteiger partial charge is 0.452 e. The van der Waals surface area contributed by atoms with E-state index in [0.29, 0.717) is 16.1 Å². The van der Waals surface area contributed by atoms with Gasteiger partial charge >= 0.3 is 5.97 Å². The van der Waals surface area contributed by atoms with Crippen molar-refractivity contribution in [1.82, 2.24) is 4.98 Å². The number of nitrogens with zero attached hydrogens (tertiary/aromatic N) is 1. The van der Waals surface area contributed by atoms with Gasteiger partial charge in [0.2, 0.25) is 0 Å². The first-order valence-corrected chi connectivity index (χ1v) is 8.69. The summed E-state index contributed by atoms with van der Waals surface area (Å²) in [7, 11) is 0. The minimum absolute atomic E-state index is 0.312. The Kier molecular flexibility index (Phi) is 5.08. The van der Waals surface area contributed by atoms with E-state index in [1.54, 1.807) is 0 Å². The summed E-state index contributed by atoms with van der Waals surface area (Å²) in [4.78, 5) is 40.6. The Morgan fingerprint density at radius 3 is 2.64 bits per heavy atom. The van der Waals surface area contributed by atoms with Crippen LogP contribution < -0.4 is 11.1 Å². The highest BCUT2D eigenvalue weighted by molar-refractivity contribution is 7.17. The summed E-state index contributed by atoms with van der Waals surface area (Å²) in [6.45, 7) is -0.443. The van der Waals surface area contributed by atoms with Crippen molar-refractivity contribution in [2.75, 3.05) is 11.9 Å². The molecule has 0 spiro atoms. The topological polar surface area (TPSA) is 111 Å². The van der Waals surface area contributed by atoms with Crippen molar-refractivity contribution >= 4 is 34.1 Å². The molecule has 0 atom stereocenters. The Bertz CT molecular complexity index is 817. The number of nitrogens with two attached hydrogens (primary N) is 1. The lowest BCUT2D eigenvalue weighted by Gasteiger charge is -2.11. The fourth-order valence-corrected chi connectivity index (χ4v) is 4.09. The molecule has 0 radical (unpaired) electrons. The van der Waals surface area contributed by atoms with E-state index in [9.17, 15) is 14.4 Å². The average Bonchev–Trinajstić information content (AvgIpc) is 2.98. The number of carbonyl (C=O) groups is 3. The summed E-state index contributed by atoms with van der Waals surface area (Å²) in [5.74, 6) is -1.68. The van der Waals surface area contributed by atoms with E-state index >= 15 is 0 Å². The van der Waals surface area contributed by atoms with Gasteiger partial charge in [0.05, 0.1) is 11.1 Å². The van der Waals surface area contributed by atoms with Gasteiger partial charge in [-0.1, -0.05) is 0 Å². The highest BCUT2D eigenvalue weighted by Crippen LogP contribution is 2.37. The van der Waals surface area contributed by atoms with E-state index in [2.05, 4.69) is 10.3 Å². The van der Waals surface area contributed by atoms with Gasteiger partial charge in [0.25, 0.3) is 11.8 Å². The number of aryl methyl sites for hydroxylation is 1. The van der Waals surface area contributed by atoms with Crippen molar-refractivity contribution in [2.45, 2.75) is 25.7 Å². The van der Waals surface area contributed by atoms with E-state index in [-0.39, 0.29) is 0 Å². The number of nitrogens with one attached hydrogen (secondary N) is 1. The zero-order valence-corrected chi connectivity index (χ0v) is 14.2. The van der Waals surface area contributed by atoms with Crippen molar-refractivity contribution in [1.29, 1.82) is 0 Å². The summed E-state index contributed by atoms with van der Waals surface area (Å²) < 4.78 is 4.97. The zero-order chi connectivity index (χ0) is 17.8. The first-order chi connectivity index (χ1) is 12.1. The van der Waals surface area contributed by atoms with Gasteiger partial charge in [-0.15, -0.1) is 11.3 Å². The lowest BCUT2D eigenvalue weighted by Crippen LogP contribution is -2.23. The highest BCUT2D eigenvalue weighted by atomic mass is 32.1. The van der Waals surface area contributed by atoms with Crippen molar-refractivity contribution in [3.63, 3.8) is 0 Å². The van der Waals surface area contributed by atoms with Crippen molar-refractivity contribution in [2.24, 2.45) is 5.73 Å². The maximum atomic E-state index is 12.1. The Hall–Kier alpha value is -2.74. The monoisotopic (exact) mass is 359 g/mol. The minimum atomic E-state index is -0.613. The second-order valence-electron chi connectivity index (χ2n) is 5.64. The maximum absolute atomic E-state index is 12.1. The molecular formula is C17H17N3O4S. The molecule has 1 aliphatic rings. The summed E-state index contributed by atoms with van der Waals surface area (Å²) in [5.41, 5.74) is 7.12. The van der Waals surface area contributed by atoms with E-state index < -0.39 is 24.4 Å². The first kappa shape index (κ1) is 17.1. The van der Waals surface area contributed by atoms with Gasteiger partial charge in [0, 0.05) is 17.3 Å². The number of pyridine rings is 1. The summed E-state index contributed by atoms with van der Waals surface area (Å²) >= 11 is 1.37. The number of primary amides is 1. The highest BCUT2D eigenvalue weighted by Gasteiger charge is 2.25. The number of hydrogen-bond donors (Lipinski definition) is 2. The molecule has 130 valence electrons. The summed E-state index contributed by atoms with van der Waals surface area (Å²) in [6, 6.07) is 3.00. The molecule has 3 N–H and O–H groups in total. The predicted molar refractivity (Wildman–Crippen MR) is 92.6 cm³/mol. The molecule has 0 saturated heterocycles. The zero-order valence-electron chi connectivity index (χ0n) is 13.4. The molecular weight excluding hydrogens is 342 g/mol. The van der Waals surface area contributed by atoms with Crippen LogP contribution in [-0.4, -0.2) is 29.4 Å². The third kappa shape index (κ3) is 3.85. The molecule has 0 bridgehead atoms. The van der Waals surface area contributed by atoms with Crippen LogP contribution in [0, 0.1) is 0 Å². The molecule has 0 aromatic carbocycles. The number of esters is 1. The molecule has 8 heteroatoms. The van der Waals surface area contributed by atoms with Crippen LogP contribution in [0.15, 0.2) is 24.5 Å². The van der Waals surface area contributed by atoms with Gasteiger partial charge in [0.1, 0.15) is 5.00 Å². The van der Waals surface area contributed by atoms with Crippen LogP contribution in [0.4, 0.5) is 5.00 Å². The fourth-order valence-electron chi connectivity index (χ4n) is 2.78. The molecule has 2 aromatic heterocycles. The lowest BCUT2D eigenvalue weighted by atomic mass is 9.95. The Morgan fingerprint density at radius 2 is 1.92 bits per heavy atom. The number of ether oxygens (including phenoxy) is 1. The molecule has 0 aliphatic heterocycles. The number of thiophene rings is 1. The second kappa shape index (κ2) is 7.43. The van der Waals surface area contributed by atoms with Crippen molar-refractivity contribution in [3.8, 4) is 0 Å². The van der Waals surface area contributed by atoms with Crippen LogP contribution in [0.1, 0.15) is 44.0 Å². The van der Waals surface area contributed by atoms with Crippen LogP contribution in [0.25, 0.3) is 0 Å². The number of hydrogen-bond acceptors (Lipinski definition) is 6. The average molecular weight is 359 g/mol. The van der Waals surface area contributed by atoms with E-state index in [1.165, 1.54) is 35.9 Å². The van der Waals surface area contributed by atoms with Gasteiger partial charge < -0.3 is 15.8 Å². The molecule has 0 fully saturated rings. The molecule has 7 nitrogen and oxygen atoms in total. The molecule has 2 heterocycles. The van der Waals surface area contributed by atoms with Gasteiger partial charge in [-0.05, 0) is 43.4 Å². The standard InChI is InChI=1S/C17H17N3O4S/c18-15(22)14-11-3-1-2-4-12(11)25-16(14)20-13(21)9-24-17(23)10-5-7-19-8-6-10/h5-8H,1-4,9H2,(H2,18,22)(H,20,21). The van der Waals surface area contributed by atoms with Crippen molar-refractivity contribution in [3.05, 3.63) is 46.1 Å². The quantitative estimate of drug-likeness (QED) is 0.792. The van der Waals surface area contributed by atoms with Gasteiger partial charge in [-0.2, -0.15) is 0 Å². The third-order valence-electron chi connectivity index (χ3n) is 3.92. The van der Waals surface area contributed by atoms with Crippen molar-refractivity contribution < 1.29 is 19.1 Å². The van der Waals surface area contributed by atoms with Crippen LogP contribution in [0.2, 0.25) is 0 Å². The molecule has 0 unspecified atom stereocenters. The molecule has 0 saturated carbocycles. The maximum Gasteiger partial charge on any atom is 0.338 e. The Morgan fingerprint density at radius 1 is 1.20 bits per heavy atom. The number of aromatic nitrogens is 1. The van der Waals surface area contributed by atoms with Crippen LogP contribution in [0.3, 0.4) is 0 Å². The smallest absolute Gasteiger partial charge is 0.338 e. The molecule has 2 amide bonds. The van der Waals surface area contributed by atoms with E-state index in [4.69, 9.17) is 10.5 Å². The summed E-state index contributed by atoms with van der Waals surface area (Å²) in [5, 5.41) is 3.08. The normalized spacial score (nSPS) is 13.0. The SMILES string of the molecule is NC(=O)c1c(NC(=O)COC(=O)c2ccncc2)sc2c1CCCC2. The van der Waals surface area contributed by atoms with Crippen LogP contribution in [0.5, 0.6) is 0 Å². The van der Waals surface area contributed by atoms with Gasteiger partial charge in [-0.25, -0.2) is 4.79 Å². The number of fused-ring (bicyclic) bond motifs is 1. The fraction of sp³-hybridized carbons (Fsp3) is 0.294. The number of amides is 2. The third-order valence-corrected chi connectivity index (χ3v) is 5.13. The number of carbonyl (C=O) groups excluding carboxylic acids is 3. The van der Waals surface area contributed by atoms with Gasteiger partial charge in [-0.3, -0.25) is 14.6 Å². The predicted octanol–water partition coefficient (Wildman–Crippen LogP) is 1.92. The van der Waals surface area contributed by atoms with Gasteiger partial charge in [0.15, 0.2) is 6.61 Å². The lowest BCUT2D eigenvalue weighted by molar-refractivity contribution is -0.119. The molecule has 2 aromatic rings. The first-order valence-electron chi connectivity index (χ1n) is 7.87. The Balaban J connectivity index is 1.66. The Labute approximate surface area is 148 Å².